The standard InChI is InChI=1S/C47H83O9P/c1-4-5-37-44(48)38-33-29-25-21-17-14-15-19-23-27-31-35-40-47(50)56-45(42-55-57(51,52)53)41-54-46(49)39-34-30-26-22-18-13-11-9-7-6-8-10-12-16-20-24-28-32-36-43(2)3/h5,14-15,21,23,25,27,29,33,37,43-45,48H,4,6-13,16-20,22,24,26,28,30-32,34-36,38-42H2,1-3H3,(H2,51,52,53)/b15-14-,25-21-,27-23-,33-29+,37-5-/t44?,45-/m1/s1. The maximum Gasteiger partial charge on any atom is 0.469 e. The van der Waals surface area contributed by atoms with E-state index in [0.29, 0.717) is 25.7 Å². The normalized spacial score (nSPS) is 13.7. The van der Waals surface area contributed by atoms with E-state index < -0.39 is 38.6 Å². The molecule has 0 aromatic rings. The molecule has 0 aromatic carbocycles. The van der Waals surface area contributed by atoms with Crippen molar-refractivity contribution in [3.8, 4) is 0 Å². The second-order valence-electron chi connectivity index (χ2n) is 15.7. The van der Waals surface area contributed by atoms with E-state index in [4.69, 9.17) is 19.3 Å². The van der Waals surface area contributed by atoms with E-state index in [1.165, 1.54) is 103 Å². The lowest BCUT2D eigenvalue weighted by atomic mass is 10.0. The Hall–Kier alpha value is -2.29. The van der Waals surface area contributed by atoms with Gasteiger partial charge in [-0.1, -0.05) is 197 Å². The van der Waals surface area contributed by atoms with Crippen LogP contribution in [0.4, 0.5) is 0 Å². The van der Waals surface area contributed by atoms with E-state index in [9.17, 15) is 19.3 Å². The number of rotatable bonds is 40. The average Bonchev–Trinajstić information content (AvgIpc) is 3.16. The Bertz CT molecular complexity index is 1140. The van der Waals surface area contributed by atoms with Gasteiger partial charge in [0.1, 0.15) is 6.61 Å². The second kappa shape index (κ2) is 40.5. The van der Waals surface area contributed by atoms with Crippen LogP contribution in [0.25, 0.3) is 0 Å². The molecule has 330 valence electrons. The molecule has 0 amide bonds. The topological polar surface area (TPSA) is 140 Å². The molecular formula is C47H83O9P. The van der Waals surface area contributed by atoms with Crippen LogP contribution in [0, 0.1) is 5.92 Å². The van der Waals surface area contributed by atoms with Crippen LogP contribution in [0.1, 0.15) is 194 Å². The summed E-state index contributed by atoms with van der Waals surface area (Å²) in [5, 5.41) is 9.75. The summed E-state index contributed by atoms with van der Waals surface area (Å²) >= 11 is 0. The van der Waals surface area contributed by atoms with Gasteiger partial charge < -0.3 is 24.4 Å². The number of carbonyl (C=O) groups excluding carboxylic acids is 2. The van der Waals surface area contributed by atoms with Crippen molar-refractivity contribution in [2.24, 2.45) is 5.92 Å². The van der Waals surface area contributed by atoms with Gasteiger partial charge in [0.2, 0.25) is 0 Å². The van der Waals surface area contributed by atoms with Gasteiger partial charge in [-0.05, 0) is 50.9 Å². The van der Waals surface area contributed by atoms with E-state index in [1.54, 1.807) is 0 Å². The molecule has 0 fully saturated rings. The fraction of sp³-hybridized carbons (Fsp3) is 0.745. The van der Waals surface area contributed by atoms with E-state index in [1.807, 2.05) is 55.5 Å². The Labute approximate surface area is 348 Å². The first-order valence-electron chi connectivity index (χ1n) is 22.5. The summed E-state index contributed by atoms with van der Waals surface area (Å²) in [4.78, 5) is 42.9. The lowest BCUT2D eigenvalue weighted by Crippen LogP contribution is -2.29. The van der Waals surface area contributed by atoms with Crippen LogP contribution in [0.3, 0.4) is 0 Å². The maximum absolute atomic E-state index is 12.4. The highest BCUT2D eigenvalue weighted by Crippen LogP contribution is 2.36. The zero-order valence-electron chi connectivity index (χ0n) is 36.2. The molecule has 0 saturated carbocycles. The van der Waals surface area contributed by atoms with E-state index in [-0.39, 0.29) is 19.4 Å². The minimum atomic E-state index is -4.78. The number of phosphoric ester groups is 1. The van der Waals surface area contributed by atoms with Crippen molar-refractivity contribution in [3.63, 3.8) is 0 Å². The monoisotopic (exact) mass is 823 g/mol. The van der Waals surface area contributed by atoms with Crippen molar-refractivity contribution >= 4 is 19.8 Å². The van der Waals surface area contributed by atoms with Gasteiger partial charge in [-0.25, -0.2) is 4.57 Å². The molecule has 0 aromatic heterocycles. The summed E-state index contributed by atoms with van der Waals surface area (Å²) in [6.45, 7) is 5.77. The summed E-state index contributed by atoms with van der Waals surface area (Å²) in [6.07, 6.45) is 47.3. The van der Waals surface area contributed by atoms with Gasteiger partial charge in [-0.3, -0.25) is 14.1 Å². The van der Waals surface area contributed by atoms with Crippen molar-refractivity contribution < 1.29 is 43.0 Å². The Balaban J connectivity index is 3.97. The Morgan fingerprint density at radius 1 is 0.596 bits per heavy atom. The zero-order valence-corrected chi connectivity index (χ0v) is 37.1. The van der Waals surface area contributed by atoms with Gasteiger partial charge >= 0.3 is 19.8 Å². The SMILES string of the molecule is CC/C=C\C(O)C/C=C/C=C\C/C=C\C/C=C\CCCC(=O)O[C@H](COC(=O)CCCCCCCCCCCCCCCCCCCCC(C)C)COP(=O)(O)O. The third kappa shape index (κ3) is 44.7. The predicted octanol–water partition coefficient (Wildman–Crippen LogP) is 12.9. The van der Waals surface area contributed by atoms with Crippen LogP contribution in [0.15, 0.2) is 60.8 Å². The van der Waals surface area contributed by atoms with Crippen LogP contribution in [0.5, 0.6) is 0 Å². The quantitative estimate of drug-likeness (QED) is 0.0181. The van der Waals surface area contributed by atoms with Crippen LogP contribution in [-0.4, -0.2) is 52.3 Å². The summed E-state index contributed by atoms with van der Waals surface area (Å²) in [5.74, 6) is -0.129. The van der Waals surface area contributed by atoms with Gasteiger partial charge in [0.25, 0.3) is 0 Å². The van der Waals surface area contributed by atoms with Crippen molar-refractivity contribution in [3.05, 3.63) is 60.8 Å². The lowest BCUT2D eigenvalue weighted by Gasteiger charge is -2.18. The highest BCUT2D eigenvalue weighted by Gasteiger charge is 2.22. The first kappa shape index (κ1) is 54.7. The summed E-state index contributed by atoms with van der Waals surface area (Å²) in [6, 6.07) is 0. The lowest BCUT2D eigenvalue weighted by molar-refractivity contribution is -0.161. The van der Waals surface area contributed by atoms with Gasteiger partial charge in [0, 0.05) is 12.8 Å². The fourth-order valence-electron chi connectivity index (χ4n) is 6.20. The zero-order chi connectivity index (χ0) is 42.1. The Morgan fingerprint density at radius 2 is 1.09 bits per heavy atom. The fourth-order valence-corrected chi connectivity index (χ4v) is 6.56. The summed E-state index contributed by atoms with van der Waals surface area (Å²) < 4.78 is 26.4. The van der Waals surface area contributed by atoms with Crippen LogP contribution in [-0.2, 0) is 28.2 Å². The first-order chi connectivity index (χ1) is 27.5. The minimum absolute atomic E-state index is 0.115. The molecule has 0 bridgehead atoms. The number of ether oxygens (including phenoxy) is 2. The van der Waals surface area contributed by atoms with E-state index in [0.717, 1.165) is 38.0 Å². The number of unbranched alkanes of at least 4 members (excludes halogenated alkanes) is 18. The highest BCUT2D eigenvalue weighted by molar-refractivity contribution is 7.46. The highest BCUT2D eigenvalue weighted by atomic mass is 31.2. The van der Waals surface area contributed by atoms with E-state index >= 15 is 0 Å². The molecule has 1 unspecified atom stereocenters. The van der Waals surface area contributed by atoms with Crippen molar-refractivity contribution in [2.45, 2.75) is 206 Å². The second-order valence-corrected chi connectivity index (χ2v) is 16.9. The summed E-state index contributed by atoms with van der Waals surface area (Å²) in [7, 11) is -4.78. The largest absolute Gasteiger partial charge is 0.469 e. The van der Waals surface area contributed by atoms with Crippen LogP contribution >= 0.6 is 7.82 Å². The Kier molecular flexibility index (Phi) is 38.9. The molecule has 10 heteroatoms. The molecule has 0 spiro atoms. The van der Waals surface area contributed by atoms with Crippen molar-refractivity contribution in [1.29, 1.82) is 0 Å². The molecular weight excluding hydrogens is 739 g/mol. The minimum Gasteiger partial charge on any atom is -0.462 e. The molecule has 0 aliphatic heterocycles. The number of phosphoric acid groups is 1. The smallest absolute Gasteiger partial charge is 0.462 e. The van der Waals surface area contributed by atoms with Gasteiger partial charge in [0.15, 0.2) is 6.10 Å². The molecule has 57 heavy (non-hydrogen) atoms. The third-order valence-electron chi connectivity index (χ3n) is 9.55. The number of allylic oxidation sites excluding steroid dienone is 8. The number of carbonyl (C=O) groups is 2. The molecule has 0 saturated heterocycles. The molecule has 0 heterocycles. The van der Waals surface area contributed by atoms with Gasteiger partial charge in [-0.2, -0.15) is 0 Å². The third-order valence-corrected chi connectivity index (χ3v) is 10.0. The first-order valence-corrected chi connectivity index (χ1v) is 24.1. The number of aliphatic hydroxyl groups excluding tert-OH is 1. The van der Waals surface area contributed by atoms with Crippen molar-refractivity contribution in [2.75, 3.05) is 13.2 Å². The number of hydrogen-bond donors (Lipinski definition) is 3. The molecule has 9 nitrogen and oxygen atoms in total. The van der Waals surface area contributed by atoms with Crippen molar-refractivity contribution in [1.82, 2.24) is 0 Å². The van der Waals surface area contributed by atoms with Gasteiger partial charge in [-0.15, -0.1) is 0 Å². The molecule has 0 aliphatic carbocycles. The number of aliphatic hydroxyl groups is 1. The molecule has 0 aliphatic rings. The molecule has 3 N–H and O–H groups in total. The number of hydrogen-bond acceptors (Lipinski definition) is 7. The number of esters is 2. The summed E-state index contributed by atoms with van der Waals surface area (Å²) in [5.41, 5.74) is 0. The Morgan fingerprint density at radius 3 is 1.63 bits per heavy atom. The average molecular weight is 823 g/mol. The predicted molar refractivity (Wildman–Crippen MR) is 236 cm³/mol. The van der Waals surface area contributed by atoms with Gasteiger partial charge in [0.05, 0.1) is 12.7 Å². The molecule has 2 atom stereocenters. The molecule has 0 radical (unpaired) electrons. The van der Waals surface area contributed by atoms with Crippen LogP contribution in [0.2, 0.25) is 0 Å². The van der Waals surface area contributed by atoms with E-state index in [2.05, 4.69) is 30.5 Å². The maximum atomic E-state index is 12.4. The molecule has 0 rings (SSSR count). The van der Waals surface area contributed by atoms with Crippen LogP contribution < -0.4 is 0 Å².